The lowest BCUT2D eigenvalue weighted by Crippen LogP contribution is -1.92. The molecule has 0 saturated heterocycles. The molecule has 0 aliphatic heterocycles. The van der Waals surface area contributed by atoms with Gasteiger partial charge >= 0.3 is 0 Å². The largest absolute Gasteiger partial charge is 0.0827 e. The van der Waals surface area contributed by atoms with Gasteiger partial charge in [0, 0.05) is 0 Å². The molecule has 0 aromatic heterocycles. The minimum absolute atomic E-state index is 0.618. The molecule has 18 heavy (non-hydrogen) atoms. The number of aryl methyl sites for hydroxylation is 3. The Morgan fingerprint density at radius 1 is 0.722 bits per heavy atom. The third kappa shape index (κ3) is 3.51. The molecule has 0 unspecified atom stereocenters. The van der Waals surface area contributed by atoms with Crippen molar-refractivity contribution in [1.82, 2.24) is 0 Å². The first-order valence-corrected chi connectivity index (χ1v) is 6.96. The maximum atomic E-state index is 6.00. The Kier molecular flexibility index (Phi) is 4.68. The van der Waals surface area contributed by atoms with Crippen molar-refractivity contribution in [2.75, 3.05) is 0 Å². The van der Waals surface area contributed by atoms with Crippen LogP contribution in [0.25, 0.3) is 0 Å². The minimum Gasteiger partial charge on any atom is -0.0827 e. The monoisotopic (exact) mass is 278 g/mol. The second-order valence-corrected chi connectivity index (χ2v) is 5.23. The Morgan fingerprint density at radius 2 is 1.28 bits per heavy atom. The fourth-order valence-corrected chi connectivity index (χ4v) is 2.25. The van der Waals surface area contributed by atoms with Crippen molar-refractivity contribution >= 4 is 23.2 Å². The standard InChI is InChI=1S/C16H16Cl2/c1-2-12-3-5-13(6-4-12)7-8-14-9-10-15(17)16(18)11-14/h3-6,9-11H,2,7-8H2,1H3. The van der Waals surface area contributed by atoms with E-state index in [1.54, 1.807) is 0 Å². The molecule has 0 atom stereocenters. The van der Waals surface area contributed by atoms with Crippen LogP contribution in [0.15, 0.2) is 42.5 Å². The average Bonchev–Trinajstić information content (AvgIpc) is 2.41. The predicted octanol–water partition coefficient (Wildman–Crippen LogP) is 5.34. The summed E-state index contributed by atoms with van der Waals surface area (Å²) in [4.78, 5) is 0. The van der Waals surface area contributed by atoms with E-state index in [1.807, 2.05) is 18.2 Å². The molecule has 0 bridgehead atoms. The smallest absolute Gasteiger partial charge is 0.0595 e. The first kappa shape index (κ1) is 13.5. The van der Waals surface area contributed by atoms with Crippen molar-refractivity contribution in [3.05, 3.63) is 69.2 Å². The van der Waals surface area contributed by atoms with Gasteiger partial charge in [0.1, 0.15) is 0 Å². The average molecular weight is 279 g/mol. The van der Waals surface area contributed by atoms with Gasteiger partial charge in [-0.2, -0.15) is 0 Å². The molecule has 0 nitrogen and oxygen atoms in total. The van der Waals surface area contributed by atoms with Gasteiger partial charge in [0.2, 0.25) is 0 Å². The van der Waals surface area contributed by atoms with Crippen LogP contribution >= 0.6 is 23.2 Å². The van der Waals surface area contributed by atoms with Crippen LogP contribution in [-0.4, -0.2) is 0 Å². The molecule has 0 N–H and O–H groups in total. The third-order valence-corrected chi connectivity index (χ3v) is 3.86. The fraction of sp³-hybridized carbons (Fsp3) is 0.250. The highest BCUT2D eigenvalue weighted by atomic mass is 35.5. The van der Waals surface area contributed by atoms with E-state index >= 15 is 0 Å². The lowest BCUT2D eigenvalue weighted by Gasteiger charge is -2.05. The maximum Gasteiger partial charge on any atom is 0.0595 e. The second-order valence-electron chi connectivity index (χ2n) is 4.42. The normalized spacial score (nSPS) is 10.6. The van der Waals surface area contributed by atoms with Gasteiger partial charge in [-0.1, -0.05) is 60.5 Å². The first-order valence-electron chi connectivity index (χ1n) is 6.21. The summed E-state index contributed by atoms with van der Waals surface area (Å²) in [7, 11) is 0. The van der Waals surface area contributed by atoms with E-state index in [0.717, 1.165) is 19.3 Å². The Hall–Kier alpha value is -0.980. The Morgan fingerprint density at radius 3 is 1.89 bits per heavy atom. The van der Waals surface area contributed by atoms with E-state index in [-0.39, 0.29) is 0 Å². The number of rotatable bonds is 4. The molecule has 2 aromatic carbocycles. The predicted molar refractivity (Wildman–Crippen MR) is 79.7 cm³/mol. The molecular formula is C16H16Cl2. The summed E-state index contributed by atoms with van der Waals surface area (Å²) in [5.41, 5.74) is 3.97. The molecule has 0 amide bonds. The van der Waals surface area contributed by atoms with E-state index in [9.17, 15) is 0 Å². The molecule has 0 radical (unpaired) electrons. The van der Waals surface area contributed by atoms with Crippen molar-refractivity contribution in [2.24, 2.45) is 0 Å². The molecule has 94 valence electrons. The highest BCUT2D eigenvalue weighted by molar-refractivity contribution is 6.42. The van der Waals surface area contributed by atoms with Gasteiger partial charge in [0.05, 0.1) is 10.0 Å². The van der Waals surface area contributed by atoms with Gasteiger partial charge in [-0.3, -0.25) is 0 Å². The summed E-state index contributed by atoms with van der Waals surface area (Å²) < 4.78 is 0. The van der Waals surface area contributed by atoms with Crippen LogP contribution in [0.5, 0.6) is 0 Å². The van der Waals surface area contributed by atoms with Gasteiger partial charge in [0.15, 0.2) is 0 Å². The highest BCUT2D eigenvalue weighted by Crippen LogP contribution is 2.23. The zero-order chi connectivity index (χ0) is 13.0. The summed E-state index contributed by atoms with van der Waals surface area (Å²) >= 11 is 11.9. The number of halogens is 2. The van der Waals surface area contributed by atoms with Crippen LogP contribution in [0.4, 0.5) is 0 Å². The number of hydrogen-bond donors (Lipinski definition) is 0. The molecule has 0 aliphatic carbocycles. The van der Waals surface area contributed by atoms with E-state index in [0.29, 0.717) is 10.0 Å². The molecule has 2 rings (SSSR count). The lowest BCUT2D eigenvalue weighted by atomic mass is 10.0. The van der Waals surface area contributed by atoms with Gasteiger partial charge in [-0.05, 0) is 48.1 Å². The summed E-state index contributed by atoms with van der Waals surface area (Å²) in [6.45, 7) is 2.17. The van der Waals surface area contributed by atoms with E-state index in [2.05, 4.69) is 31.2 Å². The highest BCUT2D eigenvalue weighted by Gasteiger charge is 2.00. The molecule has 2 heteroatoms. The summed E-state index contributed by atoms with van der Waals surface area (Å²) in [5.74, 6) is 0. The van der Waals surface area contributed by atoms with Crippen LogP contribution in [0.3, 0.4) is 0 Å². The van der Waals surface area contributed by atoms with Crippen LogP contribution < -0.4 is 0 Å². The minimum atomic E-state index is 0.618. The molecule has 2 aromatic rings. The molecule has 0 saturated carbocycles. The van der Waals surface area contributed by atoms with E-state index in [4.69, 9.17) is 23.2 Å². The maximum absolute atomic E-state index is 6.00. The lowest BCUT2D eigenvalue weighted by molar-refractivity contribution is 0.957. The molecule has 0 aliphatic rings. The second kappa shape index (κ2) is 6.26. The van der Waals surface area contributed by atoms with Crippen LogP contribution in [0.2, 0.25) is 10.0 Å². The Bertz CT molecular complexity index is 515. The summed E-state index contributed by atoms with van der Waals surface area (Å²) in [6, 6.07) is 14.7. The van der Waals surface area contributed by atoms with E-state index < -0.39 is 0 Å². The SMILES string of the molecule is CCc1ccc(CCc2ccc(Cl)c(Cl)c2)cc1. The van der Waals surface area contributed by atoms with Gasteiger partial charge in [0.25, 0.3) is 0 Å². The zero-order valence-corrected chi connectivity index (χ0v) is 11.9. The van der Waals surface area contributed by atoms with Gasteiger partial charge in [-0.25, -0.2) is 0 Å². The van der Waals surface area contributed by atoms with Crippen molar-refractivity contribution in [3.8, 4) is 0 Å². The number of benzene rings is 2. The molecule has 0 fully saturated rings. The number of hydrogen-bond acceptors (Lipinski definition) is 0. The molecule has 0 heterocycles. The third-order valence-electron chi connectivity index (χ3n) is 3.12. The Labute approximate surface area is 119 Å². The van der Waals surface area contributed by atoms with Crippen LogP contribution in [0, 0.1) is 0 Å². The van der Waals surface area contributed by atoms with E-state index in [1.165, 1.54) is 16.7 Å². The van der Waals surface area contributed by atoms with Crippen molar-refractivity contribution in [3.63, 3.8) is 0 Å². The zero-order valence-electron chi connectivity index (χ0n) is 10.4. The van der Waals surface area contributed by atoms with Crippen molar-refractivity contribution in [1.29, 1.82) is 0 Å². The van der Waals surface area contributed by atoms with Gasteiger partial charge in [-0.15, -0.1) is 0 Å². The molecular weight excluding hydrogens is 263 g/mol. The quantitative estimate of drug-likeness (QED) is 0.708. The van der Waals surface area contributed by atoms with Crippen LogP contribution in [0.1, 0.15) is 23.6 Å². The summed E-state index contributed by atoms with van der Waals surface area (Å²) in [5, 5.41) is 1.25. The first-order chi connectivity index (χ1) is 8.69. The summed E-state index contributed by atoms with van der Waals surface area (Å²) in [6.07, 6.45) is 3.11. The van der Waals surface area contributed by atoms with Crippen LogP contribution in [-0.2, 0) is 19.3 Å². The van der Waals surface area contributed by atoms with Gasteiger partial charge < -0.3 is 0 Å². The Balaban J connectivity index is 1.99. The van der Waals surface area contributed by atoms with Crippen molar-refractivity contribution < 1.29 is 0 Å². The van der Waals surface area contributed by atoms with Crippen molar-refractivity contribution in [2.45, 2.75) is 26.2 Å². The topological polar surface area (TPSA) is 0 Å². The molecule has 0 spiro atoms. The fourth-order valence-electron chi connectivity index (χ4n) is 1.93.